The molecular formula is C12H23N5O3S. The Morgan fingerprint density at radius 3 is 3.00 bits per heavy atom. The molecule has 1 saturated heterocycles. The van der Waals surface area contributed by atoms with Crippen molar-refractivity contribution in [3.63, 3.8) is 0 Å². The minimum absolute atomic E-state index is 0.0256. The lowest BCUT2D eigenvalue weighted by atomic mass is 10.3. The fourth-order valence-corrected chi connectivity index (χ4v) is 3.38. The summed E-state index contributed by atoms with van der Waals surface area (Å²) in [5.41, 5.74) is 5.70. The lowest BCUT2D eigenvalue weighted by Gasteiger charge is -2.29. The summed E-state index contributed by atoms with van der Waals surface area (Å²) in [7, 11) is -1.68. The molecule has 0 spiro atoms. The van der Waals surface area contributed by atoms with Crippen LogP contribution in [0.1, 0.15) is 13.3 Å². The fourth-order valence-electron chi connectivity index (χ4n) is 2.24. The molecule has 21 heavy (non-hydrogen) atoms. The molecule has 0 radical (unpaired) electrons. The topological polar surface area (TPSA) is 102 Å². The Bertz CT molecular complexity index is 571. The van der Waals surface area contributed by atoms with Crippen LogP contribution in [-0.4, -0.2) is 62.5 Å². The Morgan fingerprint density at radius 1 is 1.57 bits per heavy atom. The second kappa shape index (κ2) is 6.73. The summed E-state index contributed by atoms with van der Waals surface area (Å²) in [6.45, 7) is 5.02. The second-order valence-electron chi connectivity index (χ2n) is 5.25. The number of nitrogens with two attached hydrogens (primary N) is 1. The van der Waals surface area contributed by atoms with Gasteiger partial charge in [-0.05, 0) is 13.5 Å². The third-order valence-corrected chi connectivity index (χ3v) is 4.78. The number of ether oxygens (including phenoxy) is 1. The van der Waals surface area contributed by atoms with Gasteiger partial charge in [-0.2, -0.15) is 5.10 Å². The Hall–Kier alpha value is -1.16. The average molecular weight is 317 g/mol. The molecule has 2 rings (SSSR count). The molecular weight excluding hydrogens is 294 g/mol. The maximum atomic E-state index is 12.3. The monoisotopic (exact) mass is 317 g/mol. The van der Waals surface area contributed by atoms with Crippen LogP contribution in [-0.2, 0) is 21.3 Å². The molecule has 1 aromatic heterocycles. The van der Waals surface area contributed by atoms with Crippen molar-refractivity contribution in [3.8, 4) is 0 Å². The maximum absolute atomic E-state index is 12.3. The summed E-state index contributed by atoms with van der Waals surface area (Å²) in [4.78, 5) is 2.14. The molecule has 1 fully saturated rings. The van der Waals surface area contributed by atoms with Crippen LogP contribution in [0.15, 0.2) is 11.1 Å². The number of hydrogen-bond acceptors (Lipinski definition) is 6. The number of nitrogens with zero attached hydrogens (tertiary/aromatic N) is 3. The van der Waals surface area contributed by atoms with Crippen molar-refractivity contribution in [3.05, 3.63) is 6.20 Å². The summed E-state index contributed by atoms with van der Waals surface area (Å²) in [5.74, 6) is 0.0256. The van der Waals surface area contributed by atoms with E-state index in [9.17, 15) is 8.42 Å². The number of rotatable bonds is 6. The van der Waals surface area contributed by atoms with Crippen LogP contribution >= 0.6 is 0 Å². The van der Waals surface area contributed by atoms with E-state index in [2.05, 4.69) is 14.7 Å². The molecule has 120 valence electrons. The molecule has 1 aromatic rings. The molecule has 1 atom stereocenters. The average Bonchev–Trinajstić information content (AvgIpc) is 2.79. The second-order valence-corrected chi connectivity index (χ2v) is 6.98. The zero-order chi connectivity index (χ0) is 15.5. The minimum Gasteiger partial charge on any atom is -0.381 e. The highest BCUT2D eigenvalue weighted by molar-refractivity contribution is 7.89. The number of sulfonamides is 1. The molecule has 0 amide bonds. The number of anilines is 1. The predicted octanol–water partition coefficient (Wildman–Crippen LogP) is -0.516. The van der Waals surface area contributed by atoms with E-state index >= 15 is 0 Å². The van der Waals surface area contributed by atoms with Gasteiger partial charge < -0.3 is 15.4 Å². The Labute approximate surface area is 125 Å². The van der Waals surface area contributed by atoms with Crippen molar-refractivity contribution >= 4 is 15.8 Å². The summed E-state index contributed by atoms with van der Waals surface area (Å²) < 4.78 is 34.2. The van der Waals surface area contributed by atoms with Gasteiger partial charge in [-0.1, -0.05) is 6.92 Å². The Kier molecular flexibility index (Phi) is 5.20. The summed E-state index contributed by atoms with van der Waals surface area (Å²) in [5, 5.41) is 4.01. The predicted molar refractivity (Wildman–Crippen MR) is 79.4 cm³/mol. The quantitative estimate of drug-likeness (QED) is 0.732. The first-order valence-corrected chi connectivity index (χ1v) is 8.53. The standard InChI is InChI=1S/C12H23N5O3S/c1-3-4-17-9-11(12(13)15-17)21(18,19)14-7-10-8-16(2)5-6-20-10/h9-10,14H,3-8H2,1-2H3,(H2,13,15). The van der Waals surface area contributed by atoms with Gasteiger partial charge in [0.1, 0.15) is 4.90 Å². The number of morpholine rings is 1. The lowest BCUT2D eigenvalue weighted by molar-refractivity contribution is -0.0156. The third kappa shape index (κ3) is 4.16. The molecule has 0 aromatic carbocycles. The van der Waals surface area contributed by atoms with E-state index in [0.717, 1.165) is 13.0 Å². The van der Waals surface area contributed by atoms with Gasteiger partial charge in [-0.3, -0.25) is 4.68 Å². The van der Waals surface area contributed by atoms with Gasteiger partial charge in [0, 0.05) is 32.4 Å². The number of aryl methyl sites for hydroxylation is 1. The van der Waals surface area contributed by atoms with Crippen LogP contribution in [0, 0.1) is 0 Å². The van der Waals surface area contributed by atoms with Crippen molar-refractivity contribution in [2.45, 2.75) is 30.9 Å². The molecule has 1 aliphatic heterocycles. The zero-order valence-electron chi connectivity index (χ0n) is 12.4. The summed E-state index contributed by atoms with van der Waals surface area (Å²) in [6, 6.07) is 0. The van der Waals surface area contributed by atoms with Crippen LogP contribution < -0.4 is 10.5 Å². The number of hydrogen-bond donors (Lipinski definition) is 2. The largest absolute Gasteiger partial charge is 0.381 e. The molecule has 0 saturated carbocycles. The lowest BCUT2D eigenvalue weighted by Crippen LogP contribution is -2.45. The van der Waals surface area contributed by atoms with Gasteiger partial charge in [0.2, 0.25) is 10.0 Å². The van der Waals surface area contributed by atoms with Gasteiger partial charge in [-0.25, -0.2) is 13.1 Å². The normalized spacial score (nSPS) is 20.8. The SMILES string of the molecule is CCCn1cc(S(=O)(=O)NCC2CN(C)CCO2)c(N)n1. The molecule has 8 nitrogen and oxygen atoms in total. The zero-order valence-corrected chi connectivity index (χ0v) is 13.3. The van der Waals surface area contributed by atoms with Crippen molar-refractivity contribution < 1.29 is 13.2 Å². The minimum atomic E-state index is -3.66. The molecule has 3 N–H and O–H groups in total. The van der Waals surface area contributed by atoms with E-state index in [-0.39, 0.29) is 23.4 Å². The van der Waals surface area contributed by atoms with Crippen molar-refractivity contribution in [2.24, 2.45) is 0 Å². The summed E-state index contributed by atoms with van der Waals surface area (Å²) in [6.07, 6.45) is 2.18. The smallest absolute Gasteiger partial charge is 0.245 e. The van der Waals surface area contributed by atoms with Crippen molar-refractivity contribution in [1.82, 2.24) is 19.4 Å². The highest BCUT2D eigenvalue weighted by atomic mass is 32.2. The highest BCUT2D eigenvalue weighted by Gasteiger charge is 2.24. The first kappa shape index (κ1) is 16.2. The summed E-state index contributed by atoms with van der Waals surface area (Å²) >= 11 is 0. The number of nitrogens with one attached hydrogen (secondary N) is 1. The van der Waals surface area contributed by atoms with Gasteiger partial charge in [0.25, 0.3) is 0 Å². The maximum Gasteiger partial charge on any atom is 0.245 e. The van der Waals surface area contributed by atoms with Gasteiger partial charge >= 0.3 is 0 Å². The molecule has 2 heterocycles. The highest BCUT2D eigenvalue weighted by Crippen LogP contribution is 2.16. The molecule has 1 aliphatic rings. The van der Waals surface area contributed by atoms with E-state index in [1.54, 1.807) is 4.68 Å². The van der Waals surface area contributed by atoms with E-state index in [1.807, 2.05) is 14.0 Å². The van der Waals surface area contributed by atoms with E-state index < -0.39 is 10.0 Å². The van der Waals surface area contributed by atoms with Crippen LogP contribution in [0.2, 0.25) is 0 Å². The number of aromatic nitrogens is 2. The van der Waals surface area contributed by atoms with Crippen molar-refractivity contribution in [1.29, 1.82) is 0 Å². The van der Waals surface area contributed by atoms with Gasteiger partial charge in [0.15, 0.2) is 5.82 Å². The van der Waals surface area contributed by atoms with Crippen molar-refractivity contribution in [2.75, 3.05) is 39.0 Å². The molecule has 9 heteroatoms. The molecule has 1 unspecified atom stereocenters. The van der Waals surface area contributed by atoms with E-state index in [4.69, 9.17) is 10.5 Å². The Balaban J connectivity index is 2.01. The first-order chi connectivity index (χ1) is 9.92. The van der Waals surface area contributed by atoms with Crippen LogP contribution in [0.5, 0.6) is 0 Å². The number of nitrogen functional groups attached to an aromatic ring is 1. The van der Waals surface area contributed by atoms with Crippen LogP contribution in [0.25, 0.3) is 0 Å². The Morgan fingerprint density at radius 2 is 2.33 bits per heavy atom. The van der Waals surface area contributed by atoms with Gasteiger partial charge in [-0.15, -0.1) is 0 Å². The third-order valence-electron chi connectivity index (χ3n) is 3.34. The molecule has 0 aliphatic carbocycles. The molecule has 0 bridgehead atoms. The first-order valence-electron chi connectivity index (χ1n) is 7.05. The van der Waals surface area contributed by atoms with E-state index in [0.29, 0.717) is 19.7 Å². The van der Waals surface area contributed by atoms with E-state index in [1.165, 1.54) is 6.20 Å². The van der Waals surface area contributed by atoms with Gasteiger partial charge in [0.05, 0.1) is 12.7 Å². The van der Waals surface area contributed by atoms with Crippen LogP contribution in [0.4, 0.5) is 5.82 Å². The van der Waals surface area contributed by atoms with Crippen LogP contribution in [0.3, 0.4) is 0 Å². The number of likely N-dealkylation sites (N-methyl/N-ethyl adjacent to an activating group) is 1. The fraction of sp³-hybridized carbons (Fsp3) is 0.750.